The third kappa shape index (κ3) is 3.09. The molecule has 96 valence electrons. The predicted molar refractivity (Wildman–Crippen MR) is 70.5 cm³/mol. The Morgan fingerprint density at radius 2 is 2.44 bits per heavy atom. The average Bonchev–Trinajstić information content (AvgIpc) is 2.42. The van der Waals surface area contributed by atoms with E-state index in [4.69, 9.17) is 4.74 Å². The third-order valence-electron chi connectivity index (χ3n) is 2.95. The molecular weight excluding hydrogens is 228 g/mol. The summed E-state index contributed by atoms with van der Waals surface area (Å²) >= 11 is 0. The molecule has 0 fully saturated rings. The van der Waals surface area contributed by atoms with Crippen molar-refractivity contribution in [1.82, 2.24) is 4.98 Å². The standard InChI is InChI=1S/C14H18N2O2/c1-2-18-14-12(9-6-10-15-14)16-13(17)11-7-4-3-5-8-11/h3-4,6,9-11H,2,5,7-8H2,1H3,(H,16,17)/t11-/m0/s1. The molecule has 0 radical (unpaired) electrons. The van der Waals surface area contributed by atoms with E-state index in [0.717, 1.165) is 19.3 Å². The maximum Gasteiger partial charge on any atom is 0.237 e. The minimum atomic E-state index is 0.0494. The zero-order valence-corrected chi connectivity index (χ0v) is 10.6. The van der Waals surface area contributed by atoms with Crippen LogP contribution in [-0.4, -0.2) is 17.5 Å². The summed E-state index contributed by atoms with van der Waals surface area (Å²) in [6, 6.07) is 3.60. The number of anilines is 1. The Kier molecular flexibility index (Phi) is 4.34. The fraction of sp³-hybridized carbons (Fsp3) is 0.429. The topological polar surface area (TPSA) is 51.2 Å². The van der Waals surface area contributed by atoms with Crippen molar-refractivity contribution in [3.63, 3.8) is 0 Å². The number of hydrogen-bond acceptors (Lipinski definition) is 3. The van der Waals surface area contributed by atoms with E-state index in [1.165, 1.54) is 0 Å². The van der Waals surface area contributed by atoms with Gasteiger partial charge in [0.05, 0.1) is 6.61 Å². The Balaban J connectivity index is 2.04. The molecule has 1 aliphatic carbocycles. The first-order chi connectivity index (χ1) is 8.81. The van der Waals surface area contributed by atoms with E-state index in [2.05, 4.69) is 22.5 Å². The summed E-state index contributed by atoms with van der Waals surface area (Å²) in [6.07, 6.45) is 8.55. The lowest BCUT2D eigenvalue weighted by Crippen LogP contribution is -2.24. The summed E-state index contributed by atoms with van der Waals surface area (Å²) in [5, 5.41) is 2.90. The van der Waals surface area contributed by atoms with Gasteiger partial charge < -0.3 is 10.1 Å². The largest absolute Gasteiger partial charge is 0.476 e. The van der Waals surface area contributed by atoms with Crippen LogP contribution < -0.4 is 10.1 Å². The second-order valence-electron chi connectivity index (χ2n) is 4.26. The number of hydrogen-bond donors (Lipinski definition) is 1. The molecule has 0 bridgehead atoms. The van der Waals surface area contributed by atoms with Gasteiger partial charge in [0.15, 0.2) is 0 Å². The number of aromatic nitrogens is 1. The molecule has 18 heavy (non-hydrogen) atoms. The summed E-state index contributed by atoms with van der Waals surface area (Å²) in [7, 11) is 0. The zero-order valence-electron chi connectivity index (χ0n) is 10.6. The third-order valence-corrected chi connectivity index (χ3v) is 2.95. The van der Waals surface area contributed by atoms with E-state index < -0.39 is 0 Å². The molecule has 0 saturated carbocycles. The molecule has 0 aliphatic heterocycles. The minimum Gasteiger partial charge on any atom is -0.476 e. The van der Waals surface area contributed by atoms with Gasteiger partial charge in [-0.2, -0.15) is 0 Å². The lowest BCUT2D eigenvalue weighted by atomic mass is 9.93. The highest BCUT2D eigenvalue weighted by molar-refractivity contribution is 5.93. The molecule has 0 saturated heterocycles. The van der Waals surface area contributed by atoms with Crippen molar-refractivity contribution in [2.75, 3.05) is 11.9 Å². The Morgan fingerprint density at radius 1 is 1.56 bits per heavy atom. The van der Waals surface area contributed by atoms with Gasteiger partial charge in [0.2, 0.25) is 11.8 Å². The zero-order chi connectivity index (χ0) is 12.8. The Hall–Kier alpha value is -1.84. The summed E-state index contributed by atoms with van der Waals surface area (Å²) in [5.74, 6) is 0.595. The molecule has 1 aromatic rings. The van der Waals surface area contributed by atoms with Gasteiger partial charge in [0, 0.05) is 12.1 Å². The number of ether oxygens (including phenoxy) is 1. The first-order valence-electron chi connectivity index (χ1n) is 6.35. The van der Waals surface area contributed by atoms with Crippen LogP contribution in [0.15, 0.2) is 30.5 Å². The van der Waals surface area contributed by atoms with E-state index in [0.29, 0.717) is 18.2 Å². The van der Waals surface area contributed by atoms with E-state index in [1.54, 1.807) is 12.3 Å². The van der Waals surface area contributed by atoms with Gasteiger partial charge in [-0.3, -0.25) is 4.79 Å². The number of allylic oxidation sites excluding steroid dienone is 2. The lowest BCUT2D eigenvalue weighted by molar-refractivity contribution is -0.120. The molecule has 2 rings (SSSR count). The summed E-state index contributed by atoms with van der Waals surface area (Å²) in [6.45, 7) is 2.43. The number of amides is 1. The molecule has 4 nitrogen and oxygen atoms in total. The number of rotatable bonds is 4. The van der Waals surface area contributed by atoms with E-state index in [9.17, 15) is 4.79 Å². The summed E-state index contributed by atoms with van der Waals surface area (Å²) in [4.78, 5) is 16.2. The van der Waals surface area contributed by atoms with Crippen molar-refractivity contribution in [1.29, 1.82) is 0 Å². The van der Waals surface area contributed by atoms with Crippen molar-refractivity contribution < 1.29 is 9.53 Å². The molecule has 1 aliphatic rings. The highest BCUT2D eigenvalue weighted by atomic mass is 16.5. The van der Waals surface area contributed by atoms with Crippen LogP contribution in [-0.2, 0) is 4.79 Å². The fourth-order valence-corrected chi connectivity index (χ4v) is 2.00. The lowest BCUT2D eigenvalue weighted by Gasteiger charge is -2.18. The van der Waals surface area contributed by atoms with Crippen LogP contribution in [0.4, 0.5) is 5.69 Å². The number of nitrogens with one attached hydrogen (secondary N) is 1. The van der Waals surface area contributed by atoms with E-state index >= 15 is 0 Å². The number of carbonyl (C=O) groups excluding carboxylic acids is 1. The minimum absolute atomic E-state index is 0.0494. The van der Waals surface area contributed by atoms with Gasteiger partial charge >= 0.3 is 0 Å². The summed E-state index contributed by atoms with van der Waals surface area (Å²) in [5.41, 5.74) is 0.652. The van der Waals surface area contributed by atoms with Crippen LogP contribution >= 0.6 is 0 Å². The maximum atomic E-state index is 12.1. The number of nitrogens with zero attached hydrogens (tertiary/aromatic N) is 1. The van der Waals surface area contributed by atoms with Crippen LogP contribution in [0.3, 0.4) is 0 Å². The smallest absolute Gasteiger partial charge is 0.237 e. The quantitative estimate of drug-likeness (QED) is 0.831. The molecule has 1 N–H and O–H groups in total. The molecule has 1 amide bonds. The Bertz CT molecular complexity index is 443. The van der Waals surface area contributed by atoms with E-state index in [-0.39, 0.29) is 11.8 Å². The first-order valence-corrected chi connectivity index (χ1v) is 6.35. The van der Waals surface area contributed by atoms with Crippen molar-refractivity contribution >= 4 is 11.6 Å². The average molecular weight is 246 g/mol. The predicted octanol–water partition coefficient (Wildman–Crippen LogP) is 2.78. The highest BCUT2D eigenvalue weighted by Crippen LogP contribution is 2.24. The Morgan fingerprint density at radius 3 is 3.17 bits per heavy atom. The molecular formula is C14H18N2O2. The molecule has 4 heteroatoms. The maximum absolute atomic E-state index is 12.1. The number of pyridine rings is 1. The molecule has 0 aromatic carbocycles. The van der Waals surface area contributed by atoms with Gasteiger partial charge in [0.25, 0.3) is 0 Å². The normalized spacial score (nSPS) is 18.4. The van der Waals surface area contributed by atoms with Gasteiger partial charge in [-0.1, -0.05) is 12.2 Å². The molecule has 1 aromatic heterocycles. The first kappa shape index (κ1) is 12.6. The Labute approximate surface area is 107 Å². The molecule has 1 heterocycles. The van der Waals surface area contributed by atoms with E-state index in [1.807, 2.05) is 13.0 Å². The summed E-state index contributed by atoms with van der Waals surface area (Å²) < 4.78 is 5.39. The van der Waals surface area contributed by atoms with Gasteiger partial charge in [-0.15, -0.1) is 0 Å². The van der Waals surface area contributed by atoms with Crippen LogP contribution in [0.25, 0.3) is 0 Å². The van der Waals surface area contributed by atoms with Gasteiger partial charge in [-0.25, -0.2) is 4.98 Å². The monoisotopic (exact) mass is 246 g/mol. The molecule has 0 unspecified atom stereocenters. The highest BCUT2D eigenvalue weighted by Gasteiger charge is 2.19. The fourth-order valence-electron chi connectivity index (χ4n) is 2.00. The van der Waals surface area contributed by atoms with Gasteiger partial charge in [0.1, 0.15) is 5.69 Å². The van der Waals surface area contributed by atoms with Crippen molar-refractivity contribution in [3.8, 4) is 5.88 Å². The van der Waals surface area contributed by atoms with Crippen molar-refractivity contribution in [2.24, 2.45) is 5.92 Å². The van der Waals surface area contributed by atoms with Crippen LogP contribution in [0.5, 0.6) is 5.88 Å². The second-order valence-corrected chi connectivity index (χ2v) is 4.26. The van der Waals surface area contributed by atoms with Crippen LogP contribution in [0.2, 0.25) is 0 Å². The van der Waals surface area contributed by atoms with Crippen LogP contribution in [0.1, 0.15) is 26.2 Å². The van der Waals surface area contributed by atoms with Crippen molar-refractivity contribution in [2.45, 2.75) is 26.2 Å². The van der Waals surface area contributed by atoms with Crippen LogP contribution in [0, 0.1) is 5.92 Å². The van der Waals surface area contributed by atoms with Gasteiger partial charge in [-0.05, 0) is 38.3 Å². The van der Waals surface area contributed by atoms with Crippen molar-refractivity contribution in [3.05, 3.63) is 30.5 Å². The SMILES string of the molecule is CCOc1ncccc1NC(=O)[C@H]1CC=CCC1. The molecule has 0 spiro atoms. The number of carbonyl (C=O) groups is 1. The second kappa shape index (κ2) is 6.19. The molecule has 1 atom stereocenters.